The van der Waals surface area contributed by atoms with Gasteiger partial charge in [-0.1, -0.05) is 64.6 Å². The van der Waals surface area contributed by atoms with E-state index in [0.29, 0.717) is 60.0 Å². The molecule has 2 heterocycles. The number of nitrogens with zero attached hydrogens (tertiary/aromatic N) is 1. The molecule has 0 saturated carbocycles. The molecule has 33 heavy (non-hydrogen) atoms. The van der Waals surface area contributed by atoms with Gasteiger partial charge in [0.05, 0.1) is 5.52 Å². The van der Waals surface area contributed by atoms with Crippen molar-refractivity contribution in [3.05, 3.63) is 5.56 Å². The van der Waals surface area contributed by atoms with Crippen LogP contribution in [-0.4, -0.2) is 82.9 Å². The lowest BCUT2D eigenvalue weighted by atomic mass is 9.62. The van der Waals surface area contributed by atoms with Gasteiger partial charge in [0.25, 0.3) is 0 Å². The molecule has 0 fully saturated rings. The molecule has 0 aliphatic heterocycles. The van der Waals surface area contributed by atoms with Crippen molar-refractivity contribution >= 4 is 171 Å². The Morgan fingerprint density at radius 3 is 1.18 bits per heavy atom. The predicted molar refractivity (Wildman–Crippen MR) is 154 cm³/mol. The molecular weight excluding hydrogens is 386 g/mol. The highest BCUT2D eigenvalue weighted by Crippen LogP contribution is 2.34. The third-order valence-corrected chi connectivity index (χ3v) is 6.74. The average Bonchev–Trinajstić information content (AvgIpc) is 3.25. The minimum Gasteiger partial charge on any atom is -0.309 e. The van der Waals surface area contributed by atoms with Crippen LogP contribution in [0.3, 0.4) is 0 Å². The van der Waals surface area contributed by atoms with Crippen LogP contribution in [0, 0.1) is 0 Å². The van der Waals surface area contributed by atoms with E-state index in [4.69, 9.17) is 78.5 Å². The molecule has 5 rings (SSSR count). The highest BCUT2D eigenvalue weighted by molar-refractivity contribution is 6.71. The van der Waals surface area contributed by atoms with Gasteiger partial charge < -0.3 is 4.40 Å². The molecule has 0 aliphatic rings. The van der Waals surface area contributed by atoms with E-state index >= 15 is 0 Å². The molecule has 5 aromatic rings. The summed E-state index contributed by atoms with van der Waals surface area (Å²) in [5.74, 6) is 0. The van der Waals surface area contributed by atoms with Crippen LogP contribution >= 0.6 is 0 Å². The molecule has 0 spiro atoms. The quantitative estimate of drug-likeness (QED) is 0.230. The molecule has 20 radical (unpaired) electrons. The Morgan fingerprint density at radius 2 is 0.727 bits per heavy atom. The summed E-state index contributed by atoms with van der Waals surface area (Å²) in [4.78, 5) is 0. The van der Waals surface area contributed by atoms with E-state index in [1.807, 2.05) is 25.2 Å². The van der Waals surface area contributed by atoms with Gasteiger partial charge in [0.15, 0.2) is 0 Å². The number of hydrogen-bond acceptors (Lipinski definition) is 0. The van der Waals surface area contributed by atoms with Gasteiger partial charge in [-0.25, -0.2) is 0 Å². The first kappa shape index (κ1) is 22.9. The first-order valence-corrected chi connectivity index (χ1v) is 10.3. The lowest BCUT2D eigenvalue weighted by Gasteiger charge is -2.28. The van der Waals surface area contributed by atoms with Crippen LogP contribution in [0.2, 0.25) is 0 Å². The van der Waals surface area contributed by atoms with E-state index in [1.54, 1.807) is 0 Å². The smallest absolute Gasteiger partial charge is 0.117 e. The number of benzene rings is 3. The summed E-state index contributed by atoms with van der Waals surface area (Å²) in [5.41, 5.74) is 4.64. The van der Waals surface area contributed by atoms with Gasteiger partial charge in [-0.15, -0.1) is 16.4 Å². The van der Waals surface area contributed by atoms with E-state index in [0.717, 1.165) is 0 Å². The van der Waals surface area contributed by atoms with Crippen LogP contribution in [0.25, 0.3) is 38.1 Å². The fraction of sp³-hybridized carbons (Fsp3) is 0.182. The summed E-state index contributed by atoms with van der Waals surface area (Å²) in [6, 6.07) is 0. The monoisotopic (exact) mass is 397 g/mol. The van der Waals surface area contributed by atoms with Gasteiger partial charge in [-0.05, 0) is 16.2 Å². The summed E-state index contributed by atoms with van der Waals surface area (Å²) in [6.45, 7) is 6.01. The molecule has 0 N–H and O–H groups in total. The van der Waals surface area contributed by atoms with Gasteiger partial charge >= 0.3 is 0 Å². The molecule has 1 nitrogen and oxygen atoms in total. The van der Waals surface area contributed by atoms with Crippen LogP contribution in [0.1, 0.15) is 26.3 Å². The zero-order valence-electron chi connectivity index (χ0n) is 18.7. The summed E-state index contributed by atoms with van der Waals surface area (Å²) in [6.07, 6.45) is 0. The lowest BCUT2D eigenvalue weighted by Crippen LogP contribution is -2.48. The predicted octanol–water partition coefficient (Wildman–Crippen LogP) is -5.93. The molecule has 0 saturated heterocycles. The van der Waals surface area contributed by atoms with Crippen LogP contribution in [-0.2, 0) is 5.41 Å². The molecule has 0 bridgehead atoms. The van der Waals surface area contributed by atoms with Gasteiger partial charge in [-0.2, -0.15) is 0 Å². The molecule has 0 atom stereocenters. The summed E-state index contributed by atoms with van der Waals surface area (Å²) < 4.78 is 1.85. The molecule has 132 valence electrons. The third-order valence-electron chi connectivity index (χ3n) is 6.74. The third kappa shape index (κ3) is 2.58. The molecule has 0 aliphatic carbocycles. The Balaban J connectivity index is 2.33. The first-order chi connectivity index (χ1) is 15.2. The van der Waals surface area contributed by atoms with Gasteiger partial charge in [-0.3, -0.25) is 0 Å². The van der Waals surface area contributed by atoms with E-state index in [1.165, 1.54) is 0 Å². The van der Waals surface area contributed by atoms with Gasteiger partial charge in [0, 0.05) is 21.8 Å². The Labute approximate surface area is 207 Å². The number of aromatic nitrogens is 1. The SMILES string of the molecule is [B]c1c([B])c([B])c2c(c1[B])c1c([B])c([B])c([B])c3c4c([B])c([B])c(C(C)(C)C)c([B])c4n2c13. The van der Waals surface area contributed by atoms with Crippen molar-refractivity contribution in [2.75, 3.05) is 0 Å². The number of rotatable bonds is 0. The molecule has 11 heteroatoms. The lowest BCUT2D eigenvalue weighted by molar-refractivity contribution is 0.598. The minimum absolute atomic E-state index is 0.159. The van der Waals surface area contributed by atoms with Crippen LogP contribution in [0.4, 0.5) is 0 Å². The maximum atomic E-state index is 6.79. The van der Waals surface area contributed by atoms with E-state index in [2.05, 4.69) is 0 Å². The Kier molecular flexibility index (Phi) is 4.74. The van der Waals surface area contributed by atoms with Gasteiger partial charge in [0.2, 0.25) is 0 Å². The fourth-order valence-corrected chi connectivity index (χ4v) is 5.25. The second-order valence-corrected chi connectivity index (χ2v) is 9.64. The highest BCUT2D eigenvalue weighted by Gasteiger charge is 2.29. The maximum absolute atomic E-state index is 6.79. The summed E-state index contributed by atoms with van der Waals surface area (Å²) in [7, 11) is 64.5. The molecule has 3 aromatic carbocycles. The largest absolute Gasteiger partial charge is 0.309 e. The van der Waals surface area contributed by atoms with Crippen molar-refractivity contribution < 1.29 is 0 Å². The molecule has 2 aromatic heterocycles. The molecule has 0 amide bonds. The van der Waals surface area contributed by atoms with E-state index in [9.17, 15) is 0 Å². The maximum Gasteiger partial charge on any atom is 0.117 e. The van der Waals surface area contributed by atoms with Crippen LogP contribution in [0.15, 0.2) is 0 Å². The average molecular weight is 395 g/mol. The van der Waals surface area contributed by atoms with Crippen molar-refractivity contribution in [3.63, 3.8) is 0 Å². The van der Waals surface area contributed by atoms with E-state index < -0.39 is 5.41 Å². The zero-order valence-corrected chi connectivity index (χ0v) is 18.7. The van der Waals surface area contributed by atoms with Crippen LogP contribution in [0.5, 0.6) is 0 Å². The molecular formula is C22H9B10N. The summed E-state index contributed by atoms with van der Waals surface area (Å²) >= 11 is 0. The summed E-state index contributed by atoms with van der Waals surface area (Å²) in [5, 5.41) is 2.21. The van der Waals surface area contributed by atoms with Crippen molar-refractivity contribution in [1.29, 1.82) is 0 Å². The Hall–Kier alpha value is -1.89. The minimum atomic E-state index is -0.411. The second kappa shape index (κ2) is 6.83. The number of fused-ring (bicyclic) bond motifs is 6. The topological polar surface area (TPSA) is 4.41 Å². The Bertz CT molecular complexity index is 1690. The molecule has 0 unspecified atom stereocenters. The Morgan fingerprint density at radius 1 is 0.394 bits per heavy atom. The van der Waals surface area contributed by atoms with Crippen molar-refractivity contribution in [1.82, 2.24) is 4.40 Å². The number of hydrogen-bond donors (Lipinski definition) is 0. The highest BCUT2D eigenvalue weighted by atomic mass is 14.9. The van der Waals surface area contributed by atoms with Crippen molar-refractivity contribution in [3.8, 4) is 0 Å². The van der Waals surface area contributed by atoms with Crippen molar-refractivity contribution in [2.24, 2.45) is 0 Å². The van der Waals surface area contributed by atoms with Crippen molar-refractivity contribution in [2.45, 2.75) is 26.2 Å². The second-order valence-electron chi connectivity index (χ2n) is 9.64. The fourth-order valence-electron chi connectivity index (χ4n) is 5.25. The van der Waals surface area contributed by atoms with Crippen LogP contribution < -0.4 is 54.6 Å². The van der Waals surface area contributed by atoms with Gasteiger partial charge in [0.1, 0.15) is 78.5 Å². The van der Waals surface area contributed by atoms with E-state index in [-0.39, 0.29) is 38.2 Å². The first-order valence-electron chi connectivity index (χ1n) is 10.3. The standard InChI is InChI=1S/C22H9B10N/c1-22(2,3)8-13(27)9(23)6-4-10(24)15(29)11(25)5-7-12(26)16(30)17(31)18(32)21(7)33(19(4)5)20(6)14(8)28/h1-3H3. The zero-order chi connectivity index (χ0) is 24.5. The normalized spacial score (nSPS) is 12.7.